The Balaban J connectivity index is 2.35. The zero-order valence-corrected chi connectivity index (χ0v) is 16.7. The van der Waals surface area contributed by atoms with Gasteiger partial charge in [0.1, 0.15) is 6.04 Å². The van der Waals surface area contributed by atoms with Crippen LogP contribution in [0.1, 0.15) is 24.9 Å². The number of hydrogen-bond acceptors (Lipinski definition) is 4. The van der Waals surface area contributed by atoms with E-state index in [9.17, 15) is 4.79 Å². The molecule has 1 heterocycles. The fourth-order valence-corrected chi connectivity index (χ4v) is 3.87. The van der Waals surface area contributed by atoms with Crippen LogP contribution in [0.2, 0.25) is 0 Å². The minimum absolute atomic E-state index is 0.113. The zero-order chi connectivity index (χ0) is 17.7. The summed E-state index contributed by atoms with van der Waals surface area (Å²) in [6.45, 7) is 3.31. The maximum atomic E-state index is 13.1. The third-order valence-electron chi connectivity index (χ3n) is 4.23. The van der Waals surface area contributed by atoms with Crippen molar-refractivity contribution >= 4 is 33.6 Å². The first-order chi connectivity index (χ1) is 11.5. The molecule has 1 atom stereocenters. The van der Waals surface area contributed by atoms with E-state index in [0.29, 0.717) is 13.1 Å². The molecule has 2 N–H and O–H groups in total. The van der Waals surface area contributed by atoms with Crippen LogP contribution in [-0.4, -0.2) is 42.1 Å². The highest BCUT2D eigenvalue weighted by Gasteiger charge is 2.36. The summed E-state index contributed by atoms with van der Waals surface area (Å²) in [5, 5.41) is 2.13. The van der Waals surface area contributed by atoms with E-state index in [-0.39, 0.29) is 11.9 Å². The van der Waals surface area contributed by atoms with Crippen LogP contribution in [0.25, 0.3) is 0 Å². The van der Waals surface area contributed by atoms with Gasteiger partial charge in [-0.3, -0.25) is 4.79 Å². The van der Waals surface area contributed by atoms with Gasteiger partial charge in [0, 0.05) is 30.0 Å². The largest absolute Gasteiger partial charge is 0.403 e. The summed E-state index contributed by atoms with van der Waals surface area (Å²) in [6, 6.07) is 7.55. The molecule has 0 aromatic heterocycles. The Bertz CT molecular complexity index is 659. The van der Waals surface area contributed by atoms with Crippen LogP contribution in [0.15, 0.2) is 51.6 Å². The van der Waals surface area contributed by atoms with Crippen molar-refractivity contribution < 1.29 is 4.79 Å². The van der Waals surface area contributed by atoms with Crippen molar-refractivity contribution in [2.45, 2.75) is 19.4 Å². The van der Waals surface area contributed by atoms with Gasteiger partial charge in [-0.2, -0.15) is 0 Å². The second-order valence-corrected chi connectivity index (χ2v) is 7.41. The number of likely N-dealkylation sites (N-methyl/N-ethyl adjacent to an activating group) is 1. The highest BCUT2D eigenvalue weighted by molar-refractivity contribution is 9.10. The third-order valence-corrected chi connectivity index (χ3v) is 5.29. The third kappa shape index (κ3) is 4.16. The van der Waals surface area contributed by atoms with Crippen LogP contribution >= 0.6 is 27.7 Å². The molecule has 130 valence electrons. The minimum Gasteiger partial charge on any atom is -0.403 e. The Labute approximate surface area is 156 Å². The number of hydrogen-bond donors (Lipinski definition) is 1. The fourth-order valence-electron chi connectivity index (χ4n) is 2.88. The standard InChI is InChI=1S/C18H24BrN3OS/c1-4-13(12-24-3)10-22-11-16(9-20)21(2)17(18(22)23)14-6-5-7-15(19)8-14/h5-9,12,17H,4,10-11,20H2,1-3H3/b13-12+,16-9-. The van der Waals surface area contributed by atoms with Crippen molar-refractivity contribution in [3.8, 4) is 0 Å². The molecule has 0 bridgehead atoms. The molecular weight excluding hydrogens is 386 g/mol. The Kier molecular flexibility index (Phi) is 6.80. The second-order valence-electron chi connectivity index (χ2n) is 5.79. The lowest BCUT2D eigenvalue weighted by molar-refractivity contribution is -0.138. The number of amides is 1. The molecule has 1 aliphatic heterocycles. The van der Waals surface area contributed by atoms with Crippen molar-refractivity contribution in [3.05, 3.63) is 57.2 Å². The SMILES string of the molecule is CC/C(=C\SC)CN1C/C(=C/N)N(C)C(c2cccc(Br)c2)C1=O. The quantitative estimate of drug-likeness (QED) is 0.804. The lowest BCUT2D eigenvalue weighted by Crippen LogP contribution is -2.50. The number of benzene rings is 1. The molecule has 2 rings (SSSR count). The van der Waals surface area contributed by atoms with Gasteiger partial charge in [-0.1, -0.05) is 35.0 Å². The molecule has 1 saturated heterocycles. The van der Waals surface area contributed by atoms with Gasteiger partial charge in [-0.15, -0.1) is 11.8 Å². The first-order valence-corrected chi connectivity index (χ1v) is 9.98. The lowest BCUT2D eigenvalue weighted by atomic mass is 10.00. The van der Waals surface area contributed by atoms with E-state index in [4.69, 9.17) is 5.73 Å². The van der Waals surface area contributed by atoms with Crippen molar-refractivity contribution in [2.75, 3.05) is 26.4 Å². The number of nitrogens with zero attached hydrogens (tertiary/aromatic N) is 2. The summed E-state index contributed by atoms with van der Waals surface area (Å²) in [5.41, 5.74) is 9.00. The van der Waals surface area contributed by atoms with Crippen LogP contribution in [0, 0.1) is 0 Å². The summed E-state index contributed by atoms with van der Waals surface area (Å²) >= 11 is 5.17. The summed E-state index contributed by atoms with van der Waals surface area (Å²) in [5.74, 6) is 0.113. The molecule has 4 nitrogen and oxygen atoms in total. The van der Waals surface area contributed by atoms with Crippen molar-refractivity contribution in [2.24, 2.45) is 5.73 Å². The molecule has 1 amide bonds. The number of thioether (sulfide) groups is 1. The molecular formula is C18H24BrN3OS. The Morgan fingerprint density at radius 2 is 2.25 bits per heavy atom. The summed E-state index contributed by atoms with van der Waals surface area (Å²) in [4.78, 5) is 17.0. The van der Waals surface area contributed by atoms with Gasteiger partial charge in [0.25, 0.3) is 5.91 Å². The van der Waals surface area contributed by atoms with Crippen molar-refractivity contribution in [3.63, 3.8) is 0 Å². The molecule has 0 spiro atoms. The summed E-state index contributed by atoms with van der Waals surface area (Å²) in [6.07, 6.45) is 4.58. The Morgan fingerprint density at radius 3 is 2.83 bits per heavy atom. The van der Waals surface area contributed by atoms with Crippen LogP contribution < -0.4 is 5.73 Å². The molecule has 1 fully saturated rings. The molecule has 1 aliphatic rings. The minimum atomic E-state index is -0.349. The maximum Gasteiger partial charge on any atom is 0.250 e. The number of piperazine rings is 1. The molecule has 1 aromatic carbocycles. The van der Waals surface area contributed by atoms with Crippen molar-refractivity contribution in [1.29, 1.82) is 0 Å². The van der Waals surface area contributed by atoms with Gasteiger partial charge in [0.2, 0.25) is 0 Å². The predicted octanol–water partition coefficient (Wildman–Crippen LogP) is 3.72. The number of carbonyl (C=O) groups excluding carboxylic acids is 1. The van der Waals surface area contributed by atoms with Gasteiger partial charge >= 0.3 is 0 Å². The average molecular weight is 410 g/mol. The highest BCUT2D eigenvalue weighted by Crippen LogP contribution is 2.32. The van der Waals surface area contributed by atoms with E-state index in [1.807, 2.05) is 47.4 Å². The van der Waals surface area contributed by atoms with Gasteiger partial charge in [-0.25, -0.2) is 0 Å². The first kappa shape index (κ1) is 18.9. The van der Waals surface area contributed by atoms with Crippen LogP contribution in [0.4, 0.5) is 0 Å². The van der Waals surface area contributed by atoms with Gasteiger partial charge < -0.3 is 15.5 Å². The smallest absolute Gasteiger partial charge is 0.250 e. The van der Waals surface area contributed by atoms with Crippen LogP contribution in [0.3, 0.4) is 0 Å². The number of halogens is 1. The molecule has 0 aliphatic carbocycles. The molecule has 1 unspecified atom stereocenters. The normalized spacial score (nSPS) is 20.8. The van der Waals surface area contributed by atoms with Crippen molar-refractivity contribution in [1.82, 2.24) is 9.80 Å². The first-order valence-electron chi connectivity index (χ1n) is 7.90. The van der Waals surface area contributed by atoms with E-state index >= 15 is 0 Å². The predicted molar refractivity (Wildman–Crippen MR) is 105 cm³/mol. The Hall–Kier alpha value is -1.40. The molecule has 6 heteroatoms. The molecule has 1 aromatic rings. The summed E-state index contributed by atoms with van der Waals surface area (Å²) in [7, 11) is 1.93. The van der Waals surface area contributed by atoms with E-state index in [2.05, 4.69) is 28.3 Å². The molecule has 0 radical (unpaired) electrons. The van der Waals surface area contributed by atoms with E-state index in [1.54, 1.807) is 18.0 Å². The maximum absolute atomic E-state index is 13.1. The van der Waals surface area contributed by atoms with Gasteiger partial charge in [0.05, 0.1) is 6.54 Å². The molecule has 0 saturated carbocycles. The summed E-state index contributed by atoms with van der Waals surface area (Å²) < 4.78 is 0.966. The van der Waals surface area contributed by atoms with E-state index in [0.717, 1.165) is 22.2 Å². The zero-order valence-electron chi connectivity index (χ0n) is 14.3. The van der Waals surface area contributed by atoms with Crippen LogP contribution in [-0.2, 0) is 4.79 Å². The Morgan fingerprint density at radius 1 is 1.50 bits per heavy atom. The van der Waals surface area contributed by atoms with Crippen LogP contribution in [0.5, 0.6) is 0 Å². The van der Waals surface area contributed by atoms with Gasteiger partial charge in [0.15, 0.2) is 0 Å². The second kappa shape index (κ2) is 8.62. The number of nitrogens with two attached hydrogens (primary N) is 1. The number of carbonyl (C=O) groups is 1. The topological polar surface area (TPSA) is 49.6 Å². The highest BCUT2D eigenvalue weighted by atomic mass is 79.9. The number of rotatable bonds is 5. The van der Waals surface area contributed by atoms with E-state index in [1.165, 1.54) is 5.57 Å². The monoisotopic (exact) mass is 409 g/mol. The van der Waals surface area contributed by atoms with E-state index < -0.39 is 0 Å². The fraction of sp³-hybridized carbons (Fsp3) is 0.389. The molecule has 24 heavy (non-hydrogen) atoms. The lowest BCUT2D eigenvalue weighted by Gasteiger charge is -2.42. The average Bonchev–Trinajstić information content (AvgIpc) is 2.57. The van der Waals surface area contributed by atoms with Gasteiger partial charge in [-0.05, 0) is 41.4 Å².